The molecule has 1 aromatic heterocycles. The van der Waals surface area contributed by atoms with Crippen molar-refractivity contribution >= 4 is 32.0 Å². The zero-order chi connectivity index (χ0) is 14.0. The van der Waals surface area contributed by atoms with E-state index in [2.05, 4.69) is 4.72 Å². The van der Waals surface area contributed by atoms with Gasteiger partial charge in [-0.2, -0.15) is 0 Å². The highest BCUT2D eigenvalue weighted by Gasteiger charge is 2.26. The van der Waals surface area contributed by atoms with Gasteiger partial charge in [-0.15, -0.1) is 0 Å². The molecule has 0 spiro atoms. The van der Waals surface area contributed by atoms with Crippen LogP contribution in [0.15, 0.2) is 10.3 Å². The summed E-state index contributed by atoms with van der Waals surface area (Å²) in [5, 5.41) is 10.5. The molecule has 1 aliphatic rings. The summed E-state index contributed by atoms with van der Waals surface area (Å²) in [6, 6.07) is 0.970. The lowest BCUT2D eigenvalue weighted by atomic mass is 10.2. The maximum Gasteiger partial charge on any atom is 0.304 e. The standard InChI is InChI=1S/C9H13N3O5S2/c10-9-7(12(13)14)4-8(18-9)19(15,16)11-5-6-2-1-3-17-6/h4,6,11H,1-3,5,10H2. The van der Waals surface area contributed by atoms with Gasteiger partial charge in [0.05, 0.1) is 11.0 Å². The number of ether oxygens (including phenoxy) is 1. The van der Waals surface area contributed by atoms with Gasteiger partial charge in [0, 0.05) is 19.2 Å². The van der Waals surface area contributed by atoms with E-state index in [1.807, 2.05) is 0 Å². The molecule has 0 aliphatic carbocycles. The van der Waals surface area contributed by atoms with Gasteiger partial charge in [-0.25, -0.2) is 13.1 Å². The van der Waals surface area contributed by atoms with Crippen LogP contribution in [-0.4, -0.2) is 32.6 Å². The third-order valence-corrected chi connectivity index (χ3v) is 5.55. The Morgan fingerprint density at radius 1 is 1.63 bits per heavy atom. The average molecular weight is 307 g/mol. The Labute approximate surface area is 113 Å². The van der Waals surface area contributed by atoms with Crippen LogP contribution in [-0.2, 0) is 14.8 Å². The molecular formula is C9H13N3O5S2. The van der Waals surface area contributed by atoms with Gasteiger partial charge in [-0.05, 0) is 12.8 Å². The number of nitro groups is 1. The first-order chi connectivity index (χ1) is 8.90. The number of nitrogens with one attached hydrogen (secondary N) is 1. The molecule has 1 aromatic rings. The molecular weight excluding hydrogens is 294 g/mol. The van der Waals surface area contributed by atoms with Crippen LogP contribution in [0.3, 0.4) is 0 Å². The second-order valence-electron chi connectivity index (χ2n) is 4.06. The van der Waals surface area contributed by atoms with Crippen molar-refractivity contribution in [2.24, 2.45) is 0 Å². The van der Waals surface area contributed by atoms with Crippen molar-refractivity contribution in [2.75, 3.05) is 18.9 Å². The summed E-state index contributed by atoms with van der Waals surface area (Å²) in [4.78, 5) is 9.92. The van der Waals surface area contributed by atoms with Crippen molar-refractivity contribution in [3.8, 4) is 0 Å². The van der Waals surface area contributed by atoms with Crippen LogP contribution < -0.4 is 10.5 Å². The fourth-order valence-electron chi connectivity index (χ4n) is 1.73. The molecule has 0 amide bonds. The van der Waals surface area contributed by atoms with Crippen LogP contribution in [0.1, 0.15) is 12.8 Å². The predicted octanol–water partition coefficient (Wildman–Crippen LogP) is 0.696. The van der Waals surface area contributed by atoms with E-state index in [0.29, 0.717) is 17.9 Å². The Balaban J connectivity index is 2.10. The van der Waals surface area contributed by atoms with Crippen molar-refractivity contribution in [1.82, 2.24) is 4.72 Å². The van der Waals surface area contributed by atoms with E-state index in [1.165, 1.54) is 0 Å². The van der Waals surface area contributed by atoms with E-state index in [9.17, 15) is 18.5 Å². The lowest BCUT2D eigenvalue weighted by molar-refractivity contribution is -0.383. The van der Waals surface area contributed by atoms with Gasteiger partial charge in [0.25, 0.3) is 0 Å². The Hall–Kier alpha value is -1.23. The highest BCUT2D eigenvalue weighted by Crippen LogP contribution is 2.34. The van der Waals surface area contributed by atoms with Gasteiger partial charge in [-0.1, -0.05) is 11.3 Å². The first-order valence-corrected chi connectivity index (χ1v) is 7.85. The number of thiophene rings is 1. The molecule has 0 bridgehead atoms. The fraction of sp³-hybridized carbons (Fsp3) is 0.556. The van der Waals surface area contributed by atoms with E-state index in [4.69, 9.17) is 10.5 Å². The molecule has 1 fully saturated rings. The Morgan fingerprint density at radius 3 is 2.89 bits per heavy atom. The number of nitrogen functional groups attached to an aromatic ring is 1. The molecule has 3 N–H and O–H groups in total. The van der Waals surface area contributed by atoms with Gasteiger partial charge in [0.1, 0.15) is 4.21 Å². The van der Waals surface area contributed by atoms with Crippen LogP contribution in [0.5, 0.6) is 0 Å². The van der Waals surface area contributed by atoms with E-state index in [0.717, 1.165) is 18.9 Å². The largest absolute Gasteiger partial charge is 0.385 e. The summed E-state index contributed by atoms with van der Waals surface area (Å²) in [5.41, 5.74) is 5.03. The van der Waals surface area contributed by atoms with E-state index < -0.39 is 14.9 Å². The molecule has 0 radical (unpaired) electrons. The van der Waals surface area contributed by atoms with Crippen molar-refractivity contribution in [1.29, 1.82) is 0 Å². The molecule has 8 nitrogen and oxygen atoms in total. The van der Waals surface area contributed by atoms with Gasteiger partial charge >= 0.3 is 5.69 Å². The van der Waals surface area contributed by atoms with Gasteiger partial charge in [0.2, 0.25) is 10.0 Å². The fourth-order valence-corrected chi connectivity index (χ4v) is 4.05. The number of nitrogens with two attached hydrogens (primary N) is 1. The second kappa shape index (κ2) is 5.41. The minimum Gasteiger partial charge on any atom is -0.385 e. The quantitative estimate of drug-likeness (QED) is 0.609. The smallest absolute Gasteiger partial charge is 0.304 e. The van der Waals surface area contributed by atoms with Crippen LogP contribution in [0.25, 0.3) is 0 Å². The average Bonchev–Trinajstić information content (AvgIpc) is 2.95. The Bertz CT molecular complexity index is 577. The first-order valence-electron chi connectivity index (χ1n) is 5.55. The summed E-state index contributed by atoms with van der Waals surface area (Å²) in [6.45, 7) is 0.789. The Morgan fingerprint density at radius 2 is 2.37 bits per heavy atom. The molecule has 1 aliphatic heterocycles. The predicted molar refractivity (Wildman–Crippen MR) is 69.5 cm³/mol. The van der Waals surface area contributed by atoms with Gasteiger partial charge in [-0.3, -0.25) is 10.1 Å². The SMILES string of the molecule is Nc1sc(S(=O)(=O)NCC2CCCO2)cc1[N+](=O)[O-]. The summed E-state index contributed by atoms with van der Waals surface area (Å²) in [7, 11) is -3.78. The summed E-state index contributed by atoms with van der Waals surface area (Å²) in [6.07, 6.45) is 1.57. The third kappa shape index (κ3) is 3.21. The number of sulfonamides is 1. The molecule has 0 aromatic carbocycles. The van der Waals surface area contributed by atoms with Gasteiger partial charge in [0.15, 0.2) is 5.00 Å². The monoisotopic (exact) mass is 307 g/mol. The third-order valence-electron chi connectivity index (χ3n) is 2.70. The number of hydrogen-bond donors (Lipinski definition) is 2. The van der Waals surface area contributed by atoms with E-state index >= 15 is 0 Å². The minimum absolute atomic E-state index is 0.123. The molecule has 0 saturated carbocycles. The molecule has 1 atom stereocenters. The highest BCUT2D eigenvalue weighted by molar-refractivity contribution is 7.91. The minimum atomic E-state index is -3.78. The maximum absolute atomic E-state index is 11.9. The number of anilines is 1. The Kier molecular flexibility index (Phi) is 4.04. The lowest BCUT2D eigenvalue weighted by Crippen LogP contribution is -2.31. The topological polar surface area (TPSA) is 125 Å². The molecule has 19 heavy (non-hydrogen) atoms. The summed E-state index contributed by atoms with van der Waals surface area (Å²) in [5.74, 6) is 0. The van der Waals surface area contributed by atoms with Crippen molar-refractivity contribution in [2.45, 2.75) is 23.2 Å². The van der Waals surface area contributed by atoms with Crippen LogP contribution >= 0.6 is 11.3 Å². The zero-order valence-corrected chi connectivity index (χ0v) is 11.5. The maximum atomic E-state index is 11.9. The lowest BCUT2D eigenvalue weighted by Gasteiger charge is -2.09. The summed E-state index contributed by atoms with van der Waals surface area (Å²) >= 11 is 0.677. The van der Waals surface area contributed by atoms with Crippen molar-refractivity contribution in [3.63, 3.8) is 0 Å². The van der Waals surface area contributed by atoms with Crippen LogP contribution in [0.2, 0.25) is 0 Å². The summed E-state index contributed by atoms with van der Waals surface area (Å²) < 4.78 is 31.4. The van der Waals surface area contributed by atoms with Crippen LogP contribution in [0, 0.1) is 10.1 Å². The molecule has 2 rings (SSSR count). The molecule has 1 unspecified atom stereocenters. The molecule has 2 heterocycles. The number of hydrogen-bond acceptors (Lipinski definition) is 7. The molecule has 106 valence electrons. The van der Waals surface area contributed by atoms with Crippen molar-refractivity contribution < 1.29 is 18.1 Å². The zero-order valence-electron chi connectivity index (χ0n) is 9.87. The van der Waals surface area contributed by atoms with E-state index in [-0.39, 0.29) is 27.5 Å². The molecule has 10 heteroatoms. The van der Waals surface area contributed by atoms with Gasteiger partial charge < -0.3 is 10.5 Å². The second-order valence-corrected chi connectivity index (χ2v) is 7.14. The number of rotatable bonds is 5. The number of nitrogens with zero attached hydrogens (tertiary/aromatic N) is 1. The first kappa shape index (κ1) is 14.2. The van der Waals surface area contributed by atoms with E-state index in [1.54, 1.807) is 0 Å². The molecule has 1 saturated heterocycles. The normalized spacial score (nSPS) is 19.7. The van der Waals surface area contributed by atoms with Crippen LogP contribution in [0.4, 0.5) is 10.7 Å². The highest BCUT2D eigenvalue weighted by atomic mass is 32.2. The van der Waals surface area contributed by atoms with Crippen molar-refractivity contribution in [3.05, 3.63) is 16.2 Å².